The minimum atomic E-state index is -0.244. The summed E-state index contributed by atoms with van der Waals surface area (Å²) >= 11 is 0. The number of benzene rings is 3. The molecule has 0 bridgehead atoms. The Bertz CT molecular complexity index is 1270. The third-order valence-corrected chi connectivity index (χ3v) is 5.96. The predicted octanol–water partition coefficient (Wildman–Crippen LogP) is 4.32. The van der Waals surface area contributed by atoms with E-state index in [1.54, 1.807) is 24.3 Å². The van der Waals surface area contributed by atoms with E-state index >= 15 is 0 Å². The molecule has 0 atom stereocenters. The second-order valence-electron chi connectivity index (χ2n) is 8.80. The minimum Gasteiger partial charge on any atom is -0.508 e. The molecule has 0 spiro atoms. The first-order chi connectivity index (χ1) is 17.4. The Morgan fingerprint density at radius 1 is 0.889 bits per heavy atom. The van der Waals surface area contributed by atoms with Crippen LogP contribution in [0.2, 0.25) is 0 Å². The number of aromatic nitrogens is 2. The first-order valence-electron chi connectivity index (χ1n) is 11.8. The molecule has 4 rings (SSSR count). The fraction of sp³-hybridized carbons (Fsp3) is 0.214. The van der Waals surface area contributed by atoms with Gasteiger partial charge in [0.1, 0.15) is 5.75 Å². The number of carbonyl (C=O) groups is 1. The lowest BCUT2D eigenvalue weighted by Gasteiger charge is -2.23. The van der Waals surface area contributed by atoms with Gasteiger partial charge in [-0.25, -0.2) is 0 Å². The summed E-state index contributed by atoms with van der Waals surface area (Å²) in [5, 5.41) is 39.5. The van der Waals surface area contributed by atoms with E-state index in [9.17, 15) is 20.1 Å². The third-order valence-electron chi connectivity index (χ3n) is 5.96. The Morgan fingerprint density at radius 3 is 2.28 bits per heavy atom. The Balaban J connectivity index is 1.35. The summed E-state index contributed by atoms with van der Waals surface area (Å²) in [7, 11) is 0. The van der Waals surface area contributed by atoms with Gasteiger partial charge in [-0.15, -0.1) is 0 Å². The van der Waals surface area contributed by atoms with E-state index in [4.69, 9.17) is 0 Å². The number of phenolic OH excluding ortho intramolecular Hbond substituents is 3. The number of hydrogen-bond donors (Lipinski definition) is 5. The average Bonchev–Trinajstić information content (AvgIpc) is 3.37. The van der Waals surface area contributed by atoms with Crippen molar-refractivity contribution in [3.63, 3.8) is 0 Å². The molecule has 3 aromatic carbocycles. The van der Waals surface area contributed by atoms with Crippen LogP contribution in [0, 0.1) is 6.92 Å². The number of aromatic hydroxyl groups is 3. The van der Waals surface area contributed by atoms with Crippen LogP contribution in [0.25, 0.3) is 11.3 Å². The van der Waals surface area contributed by atoms with E-state index < -0.39 is 0 Å². The average molecular weight is 487 g/mol. The van der Waals surface area contributed by atoms with Crippen LogP contribution in [0.15, 0.2) is 72.8 Å². The topological polar surface area (TPSA) is 122 Å². The lowest BCUT2D eigenvalue weighted by molar-refractivity contribution is 0.0946. The quantitative estimate of drug-likeness (QED) is 0.168. The Kier molecular flexibility index (Phi) is 7.87. The van der Waals surface area contributed by atoms with Crippen molar-refractivity contribution in [1.82, 2.24) is 20.4 Å². The van der Waals surface area contributed by atoms with Gasteiger partial charge in [0, 0.05) is 26.2 Å². The zero-order chi connectivity index (χ0) is 25.5. The summed E-state index contributed by atoms with van der Waals surface area (Å²) < 4.78 is 0. The fourth-order valence-corrected chi connectivity index (χ4v) is 3.95. The van der Waals surface area contributed by atoms with Crippen molar-refractivity contribution in [1.29, 1.82) is 0 Å². The lowest BCUT2D eigenvalue weighted by Crippen LogP contribution is -2.30. The highest BCUT2D eigenvalue weighted by molar-refractivity contribution is 5.93. The number of H-pyrrole nitrogens is 1. The molecule has 1 amide bonds. The third kappa shape index (κ3) is 6.43. The number of nitrogens with zero attached hydrogens (tertiary/aromatic N) is 2. The molecular formula is C28H30N4O4. The van der Waals surface area contributed by atoms with Gasteiger partial charge < -0.3 is 20.6 Å². The number of carbonyl (C=O) groups excluding carboxylic acids is 1. The van der Waals surface area contributed by atoms with Crippen LogP contribution < -0.4 is 5.32 Å². The molecule has 0 aliphatic carbocycles. The highest BCUT2D eigenvalue weighted by atomic mass is 16.3. The van der Waals surface area contributed by atoms with Gasteiger partial charge in [-0.2, -0.15) is 5.10 Å². The molecule has 0 fully saturated rings. The Morgan fingerprint density at radius 2 is 1.58 bits per heavy atom. The van der Waals surface area contributed by atoms with Gasteiger partial charge in [0.2, 0.25) is 0 Å². The molecule has 0 unspecified atom stereocenters. The molecule has 0 aliphatic heterocycles. The maximum absolute atomic E-state index is 12.6. The summed E-state index contributed by atoms with van der Waals surface area (Å²) in [5.41, 5.74) is 4.68. The second-order valence-corrected chi connectivity index (χ2v) is 8.80. The number of aromatic amines is 1. The number of aryl methyl sites for hydroxylation is 1. The van der Waals surface area contributed by atoms with Gasteiger partial charge in [0.25, 0.3) is 5.91 Å². The zero-order valence-corrected chi connectivity index (χ0v) is 20.1. The maximum atomic E-state index is 12.6. The number of hydrogen-bond acceptors (Lipinski definition) is 6. The van der Waals surface area contributed by atoms with Crippen LogP contribution in [-0.2, 0) is 13.1 Å². The van der Waals surface area contributed by atoms with Gasteiger partial charge in [0.15, 0.2) is 17.2 Å². The van der Waals surface area contributed by atoms with Crippen LogP contribution in [0.1, 0.15) is 33.6 Å². The van der Waals surface area contributed by atoms with E-state index in [2.05, 4.69) is 20.4 Å². The van der Waals surface area contributed by atoms with Crippen LogP contribution in [0.5, 0.6) is 17.2 Å². The van der Waals surface area contributed by atoms with Crippen molar-refractivity contribution in [2.75, 3.05) is 13.1 Å². The second kappa shape index (κ2) is 11.4. The molecule has 4 aromatic rings. The van der Waals surface area contributed by atoms with Crippen molar-refractivity contribution < 1.29 is 20.1 Å². The van der Waals surface area contributed by atoms with E-state index in [0.717, 1.165) is 27.9 Å². The largest absolute Gasteiger partial charge is 0.508 e. The standard InChI is InChI=1S/C28H30N4O4/c1-19-8-9-20(14-26(19)34)17-32(18-21-10-11-25(33)27(35)15-21)13-5-12-29-28(36)24-16-23(30-31-24)22-6-3-2-4-7-22/h2-4,6-11,14-16,33-35H,5,12-13,17-18H2,1H3,(H,29,36)(H,30,31). The summed E-state index contributed by atoms with van der Waals surface area (Å²) in [4.78, 5) is 14.7. The molecule has 5 N–H and O–H groups in total. The zero-order valence-electron chi connectivity index (χ0n) is 20.1. The van der Waals surface area contributed by atoms with E-state index in [-0.39, 0.29) is 23.2 Å². The molecule has 36 heavy (non-hydrogen) atoms. The smallest absolute Gasteiger partial charge is 0.271 e. The first kappa shape index (κ1) is 24.8. The van der Waals surface area contributed by atoms with Gasteiger partial charge in [-0.1, -0.05) is 48.5 Å². The van der Waals surface area contributed by atoms with Crippen molar-refractivity contribution >= 4 is 5.91 Å². The normalized spacial score (nSPS) is 11.1. The monoisotopic (exact) mass is 486 g/mol. The molecule has 8 heteroatoms. The van der Waals surface area contributed by atoms with Gasteiger partial charge in [-0.3, -0.25) is 14.8 Å². The summed E-state index contributed by atoms with van der Waals surface area (Å²) in [6.07, 6.45) is 0.684. The highest BCUT2D eigenvalue weighted by Gasteiger charge is 2.13. The molecule has 1 aromatic heterocycles. The Hall–Kier alpha value is -4.30. The molecule has 0 saturated carbocycles. The van der Waals surface area contributed by atoms with Crippen LogP contribution in [-0.4, -0.2) is 49.4 Å². The first-order valence-corrected chi connectivity index (χ1v) is 11.8. The van der Waals surface area contributed by atoms with Gasteiger partial charge in [-0.05, 0) is 59.9 Å². The number of rotatable bonds is 10. The fourth-order valence-electron chi connectivity index (χ4n) is 3.95. The number of phenols is 3. The van der Waals surface area contributed by atoms with Crippen LogP contribution >= 0.6 is 0 Å². The molecule has 1 heterocycles. The van der Waals surface area contributed by atoms with Crippen molar-refractivity contribution in [3.8, 4) is 28.5 Å². The van der Waals surface area contributed by atoms with Crippen molar-refractivity contribution in [2.45, 2.75) is 26.4 Å². The molecule has 0 radical (unpaired) electrons. The predicted molar refractivity (Wildman–Crippen MR) is 138 cm³/mol. The van der Waals surface area contributed by atoms with Crippen molar-refractivity contribution in [2.24, 2.45) is 0 Å². The molecule has 0 saturated heterocycles. The van der Waals surface area contributed by atoms with Gasteiger partial charge >= 0.3 is 0 Å². The van der Waals surface area contributed by atoms with Crippen LogP contribution in [0.3, 0.4) is 0 Å². The van der Waals surface area contributed by atoms with E-state index in [0.29, 0.717) is 38.3 Å². The summed E-state index contributed by atoms with van der Waals surface area (Å²) in [6.45, 7) is 4.07. The lowest BCUT2D eigenvalue weighted by atomic mass is 10.1. The summed E-state index contributed by atoms with van der Waals surface area (Å²) in [5.74, 6) is -0.324. The molecule has 0 aliphatic rings. The van der Waals surface area contributed by atoms with E-state index in [1.807, 2.05) is 49.4 Å². The SMILES string of the molecule is Cc1ccc(CN(CCCNC(=O)c2cc(-c3ccccc3)[nH]n2)Cc2ccc(O)c(O)c2)cc1O. The molecule has 186 valence electrons. The molecular weight excluding hydrogens is 456 g/mol. The Labute approximate surface area is 209 Å². The number of nitrogens with one attached hydrogen (secondary N) is 2. The molecule has 8 nitrogen and oxygen atoms in total. The summed E-state index contributed by atoms with van der Waals surface area (Å²) in [6, 6.07) is 21.8. The van der Waals surface area contributed by atoms with Gasteiger partial charge in [0.05, 0.1) is 5.69 Å². The van der Waals surface area contributed by atoms with E-state index in [1.165, 1.54) is 6.07 Å². The highest BCUT2D eigenvalue weighted by Crippen LogP contribution is 2.26. The number of amides is 1. The van der Waals surface area contributed by atoms with Crippen molar-refractivity contribution in [3.05, 3.63) is 95.2 Å². The van der Waals surface area contributed by atoms with Crippen LogP contribution in [0.4, 0.5) is 0 Å². The maximum Gasteiger partial charge on any atom is 0.271 e. The minimum absolute atomic E-state index is 0.162.